The second-order valence-corrected chi connectivity index (χ2v) is 6.71. The van der Waals surface area contributed by atoms with Crippen molar-refractivity contribution < 1.29 is 8.78 Å². The molecule has 0 aliphatic heterocycles. The molecule has 1 aromatic carbocycles. The monoisotopic (exact) mass is 299 g/mol. The van der Waals surface area contributed by atoms with Crippen LogP contribution in [0.25, 0.3) is 0 Å². The van der Waals surface area contributed by atoms with Gasteiger partial charge in [-0.15, -0.1) is 11.8 Å². The fraction of sp³-hybridized carbons (Fsp3) is 0.625. The van der Waals surface area contributed by atoms with Crippen LogP contribution >= 0.6 is 11.8 Å². The molecule has 1 aliphatic rings. The van der Waals surface area contributed by atoms with Gasteiger partial charge in [-0.3, -0.25) is 0 Å². The van der Waals surface area contributed by atoms with Crippen LogP contribution in [0, 0.1) is 11.6 Å². The average Bonchev–Trinajstić information content (AvgIpc) is 2.65. The molecule has 0 bridgehead atoms. The van der Waals surface area contributed by atoms with E-state index in [-0.39, 0.29) is 0 Å². The lowest BCUT2D eigenvalue weighted by Crippen LogP contribution is -2.37. The quantitative estimate of drug-likeness (QED) is 0.787. The highest BCUT2D eigenvalue weighted by molar-refractivity contribution is 8.00. The summed E-state index contributed by atoms with van der Waals surface area (Å²) in [6.45, 7) is 3.17. The van der Waals surface area contributed by atoms with Gasteiger partial charge in [-0.25, -0.2) is 8.78 Å². The lowest BCUT2D eigenvalue weighted by Gasteiger charge is -2.26. The van der Waals surface area contributed by atoms with E-state index in [0.29, 0.717) is 16.2 Å². The third-order valence-corrected chi connectivity index (χ3v) is 5.23. The third-order valence-electron chi connectivity index (χ3n) is 3.78. The molecular weight excluding hydrogens is 276 g/mol. The maximum Gasteiger partial charge on any atom is 0.139 e. The lowest BCUT2D eigenvalue weighted by molar-refractivity contribution is 0.469. The number of benzene rings is 1. The fourth-order valence-electron chi connectivity index (χ4n) is 2.71. The Morgan fingerprint density at radius 1 is 1.20 bits per heavy atom. The van der Waals surface area contributed by atoms with E-state index in [0.717, 1.165) is 31.9 Å². The molecule has 20 heavy (non-hydrogen) atoms. The number of rotatable bonds is 5. The summed E-state index contributed by atoms with van der Waals surface area (Å²) in [7, 11) is 0. The van der Waals surface area contributed by atoms with E-state index in [1.165, 1.54) is 25.3 Å². The van der Waals surface area contributed by atoms with Gasteiger partial charge in [-0.2, -0.15) is 0 Å². The molecule has 4 heteroatoms. The van der Waals surface area contributed by atoms with Crippen LogP contribution in [0.15, 0.2) is 23.1 Å². The Hall–Kier alpha value is -0.610. The van der Waals surface area contributed by atoms with Crippen molar-refractivity contribution in [1.29, 1.82) is 0 Å². The highest BCUT2D eigenvalue weighted by atomic mass is 32.2. The molecule has 2 rings (SSSR count). The number of hydrogen-bond donors (Lipinski definition) is 1. The third kappa shape index (κ3) is 4.45. The van der Waals surface area contributed by atoms with Gasteiger partial charge in [0.15, 0.2) is 0 Å². The van der Waals surface area contributed by atoms with Crippen LogP contribution in [-0.2, 0) is 0 Å². The largest absolute Gasteiger partial charge is 0.313 e. The predicted octanol–water partition coefficient (Wildman–Crippen LogP) is 4.76. The van der Waals surface area contributed by atoms with E-state index < -0.39 is 11.6 Å². The molecule has 2 atom stereocenters. The minimum absolute atomic E-state index is 0.379. The molecule has 0 saturated heterocycles. The van der Waals surface area contributed by atoms with E-state index in [4.69, 9.17) is 0 Å². The van der Waals surface area contributed by atoms with E-state index in [9.17, 15) is 8.78 Å². The van der Waals surface area contributed by atoms with Crippen LogP contribution in [0.5, 0.6) is 0 Å². The van der Waals surface area contributed by atoms with Gasteiger partial charge < -0.3 is 5.32 Å². The molecule has 1 N–H and O–H groups in total. The van der Waals surface area contributed by atoms with E-state index in [1.54, 1.807) is 17.8 Å². The van der Waals surface area contributed by atoms with Crippen LogP contribution in [0.2, 0.25) is 0 Å². The van der Waals surface area contributed by atoms with Crippen molar-refractivity contribution in [2.24, 2.45) is 0 Å². The van der Waals surface area contributed by atoms with Crippen molar-refractivity contribution in [2.45, 2.75) is 61.6 Å². The van der Waals surface area contributed by atoms with E-state index >= 15 is 0 Å². The summed E-state index contributed by atoms with van der Waals surface area (Å²) in [5.74, 6) is -0.943. The lowest BCUT2D eigenvalue weighted by atomic mass is 10.1. The Bertz CT molecular complexity index is 425. The highest BCUT2D eigenvalue weighted by Crippen LogP contribution is 2.34. The van der Waals surface area contributed by atoms with Gasteiger partial charge in [0.05, 0.1) is 0 Å². The second-order valence-electron chi connectivity index (χ2n) is 5.43. The van der Waals surface area contributed by atoms with Gasteiger partial charge in [0.1, 0.15) is 11.6 Å². The zero-order chi connectivity index (χ0) is 14.4. The predicted molar refractivity (Wildman–Crippen MR) is 81.2 cm³/mol. The summed E-state index contributed by atoms with van der Waals surface area (Å²) in [4.78, 5) is 0.571. The molecule has 2 unspecified atom stereocenters. The molecule has 0 heterocycles. The van der Waals surface area contributed by atoms with E-state index in [1.807, 2.05) is 0 Å². The summed E-state index contributed by atoms with van der Waals surface area (Å²) >= 11 is 1.57. The topological polar surface area (TPSA) is 12.0 Å². The first-order valence-electron chi connectivity index (χ1n) is 7.55. The molecule has 1 saturated carbocycles. The number of halogens is 2. The normalized spacial score (nSPS) is 23.6. The first-order chi connectivity index (χ1) is 9.70. The van der Waals surface area contributed by atoms with Gasteiger partial charge in [0.25, 0.3) is 0 Å². The van der Waals surface area contributed by atoms with Gasteiger partial charge in [0.2, 0.25) is 0 Å². The first kappa shape index (κ1) is 15.8. The van der Waals surface area contributed by atoms with Crippen molar-refractivity contribution in [3.63, 3.8) is 0 Å². The number of thioether (sulfide) groups is 1. The Labute approximate surface area is 124 Å². The molecular formula is C16H23F2NS. The summed E-state index contributed by atoms with van der Waals surface area (Å²) in [5.41, 5.74) is 0. The minimum atomic E-state index is -0.506. The van der Waals surface area contributed by atoms with Gasteiger partial charge in [-0.05, 0) is 37.9 Å². The molecule has 0 aromatic heterocycles. The van der Waals surface area contributed by atoms with Crippen LogP contribution in [0.3, 0.4) is 0 Å². The zero-order valence-electron chi connectivity index (χ0n) is 12.0. The molecule has 112 valence electrons. The summed E-state index contributed by atoms with van der Waals surface area (Å²) in [6, 6.07) is 4.33. The standard InChI is InChI=1S/C16H23F2NS/c1-2-10-19-14-6-4-3-5-7-16(14)20-15-9-8-12(17)11-13(15)18/h8-9,11,14,16,19H,2-7,10H2,1H3. The van der Waals surface area contributed by atoms with Crippen molar-refractivity contribution >= 4 is 11.8 Å². The number of hydrogen-bond acceptors (Lipinski definition) is 2. The summed E-state index contributed by atoms with van der Waals surface area (Å²) in [6.07, 6.45) is 7.06. The maximum absolute atomic E-state index is 13.8. The van der Waals surface area contributed by atoms with Crippen LogP contribution in [0.4, 0.5) is 8.78 Å². The van der Waals surface area contributed by atoms with E-state index in [2.05, 4.69) is 12.2 Å². The molecule has 1 aromatic rings. The van der Waals surface area contributed by atoms with Crippen molar-refractivity contribution in [3.05, 3.63) is 29.8 Å². The molecule has 0 radical (unpaired) electrons. The Morgan fingerprint density at radius 2 is 2.00 bits per heavy atom. The second kappa shape index (κ2) is 7.99. The van der Waals surface area contributed by atoms with Crippen LogP contribution in [0.1, 0.15) is 45.4 Å². The molecule has 1 nitrogen and oxygen atoms in total. The fourth-order valence-corrected chi connectivity index (χ4v) is 4.04. The Balaban J connectivity index is 2.06. The van der Waals surface area contributed by atoms with Crippen LogP contribution in [-0.4, -0.2) is 17.8 Å². The van der Waals surface area contributed by atoms with Crippen LogP contribution < -0.4 is 5.32 Å². The van der Waals surface area contributed by atoms with Gasteiger partial charge in [-0.1, -0.05) is 26.2 Å². The van der Waals surface area contributed by atoms with Crippen molar-refractivity contribution in [3.8, 4) is 0 Å². The van der Waals surface area contributed by atoms with Gasteiger partial charge >= 0.3 is 0 Å². The Morgan fingerprint density at radius 3 is 2.75 bits per heavy atom. The minimum Gasteiger partial charge on any atom is -0.313 e. The summed E-state index contributed by atoms with van der Waals surface area (Å²) in [5, 5.41) is 3.97. The molecule has 0 amide bonds. The summed E-state index contributed by atoms with van der Waals surface area (Å²) < 4.78 is 26.8. The van der Waals surface area contributed by atoms with Gasteiger partial charge in [0, 0.05) is 22.3 Å². The average molecular weight is 299 g/mol. The highest BCUT2D eigenvalue weighted by Gasteiger charge is 2.25. The molecule has 0 spiro atoms. The molecule has 1 aliphatic carbocycles. The van der Waals surface area contributed by atoms with Crippen molar-refractivity contribution in [2.75, 3.05) is 6.54 Å². The zero-order valence-corrected chi connectivity index (χ0v) is 12.8. The first-order valence-corrected chi connectivity index (χ1v) is 8.43. The smallest absolute Gasteiger partial charge is 0.139 e. The van der Waals surface area contributed by atoms with Crippen molar-refractivity contribution in [1.82, 2.24) is 5.32 Å². The molecule has 1 fully saturated rings. The maximum atomic E-state index is 13.8. The SMILES string of the molecule is CCCNC1CCCCCC1Sc1ccc(F)cc1F. The number of nitrogens with one attached hydrogen (secondary N) is 1. The Kier molecular flexibility index (Phi) is 6.30.